The molecule has 0 unspecified atom stereocenters. The van der Waals surface area contributed by atoms with Crippen LogP contribution in [0.15, 0.2) is 53.8 Å². The molecule has 7 nitrogen and oxygen atoms in total. The predicted molar refractivity (Wildman–Crippen MR) is 99.5 cm³/mol. The Hall–Kier alpha value is -2.58. The number of nitrogens with zero attached hydrogens (tertiary/aromatic N) is 5. The molecular weight excluding hydrogens is 350 g/mol. The van der Waals surface area contributed by atoms with Crippen LogP contribution in [0.1, 0.15) is 5.82 Å². The lowest BCUT2D eigenvalue weighted by Gasteiger charge is -2.34. The Bertz CT molecular complexity index is 1040. The number of rotatable bonds is 3. The van der Waals surface area contributed by atoms with E-state index in [4.69, 9.17) is 0 Å². The van der Waals surface area contributed by atoms with E-state index in [-0.39, 0.29) is 0 Å². The number of fused-ring (bicyclic) bond motifs is 1. The first-order chi connectivity index (χ1) is 12.6. The summed E-state index contributed by atoms with van der Waals surface area (Å²) in [5, 5.41) is 1.53. The van der Waals surface area contributed by atoms with Gasteiger partial charge in [0.15, 0.2) is 0 Å². The zero-order valence-corrected chi connectivity index (χ0v) is 15.2. The van der Waals surface area contributed by atoms with Crippen molar-refractivity contribution in [2.45, 2.75) is 11.8 Å². The fourth-order valence-electron chi connectivity index (χ4n) is 3.23. The van der Waals surface area contributed by atoms with Crippen molar-refractivity contribution in [2.24, 2.45) is 0 Å². The van der Waals surface area contributed by atoms with Crippen molar-refractivity contribution in [3.8, 4) is 0 Å². The third-order valence-corrected chi connectivity index (χ3v) is 6.54. The highest BCUT2D eigenvalue weighted by molar-refractivity contribution is 7.89. The molecule has 26 heavy (non-hydrogen) atoms. The maximum atomic E-state index is 13.2. The normalized spacial score (nSPS) is 16.1. The molecule has 0 amide bonds. The van der Waals surface area contributed by atoms with Crippen LogP contribution in [0.4, 0.5) is 5.82 Å². The molecule has 0 spiro atoms. The Morgan fingerprint density at radius 1 is 1.00 bits per heavy atom. The maximum Gasteiger partial charge on any atom is 0.243 e. The Kier molecular flexibility index (Phi) is 4.29. The molecule has 0 saturated carbocycles. The monoisotopic (exact) mass is 369 g/mol. The van der Waals surface area contributed by atoms with Gasteiger partial charge < -0.3 is 4.90 Å². The number of aryl methyl sites for hydroxylation is 1. The lowest BCUT2D eigenvalue weighted by atomic mass is 10.2. The molecule has 1 fully saturated rings. The molecule has 2 aromatic heterocycles. The second-order valence-electron chi connectivity index (χ2n) is 6.21. The number of pyridine rings is 1. The van der Waals surface area contributed by atoms with Crippen LogP contribution in [0.5, 0.6) is 0 Å². The number of anilines is 1. The van der Waals surface area contributed by atoms with Crippen molar-refractivity contribution < 1.29 is 8.42 Å². The van der Waals surface area contributed by atoms with Gasteiger partial charge in [0.25, 0.3) is 0 Å². The molecule has 1 saturated heterocycles. The van der Waals surface area contributed by atoms with E-state index in [0.29, 0.717) is 42.3 Å². The van der Waals surface area contributed by atoms with Gasteiger partial charge in [-0.1, -0.05) is 12.1 Å². The summed E-state index contributed by atoms with van der Waals surface area (Å²) in [5.41, 5.74) is 0. The molecule has 0 bridgehead atoms. The van der Waals surface area contributed by atoms with E-state index < -0.39 is 10.0 Å². The summed E-state index contributed by atoms with van der Waals surface area (Å²) < 4.78 is 27.9. The molecule has 3 heterocycles. The first-order valence-corrected chi connectivity index (χ1v) is 9.87. The van der Waals surface area contributed by atoms with Crippen LogP contribution < -0.4 is 4.90 Å². The van der Waals surface area contributed by atoms with Crippen LogP contribution in [-0.2, 0) is 10.0 Å². The number of aromatic nitrogens is 3. The van der Waals surface area contributed by atoms with E-state index in [1.807, 2.05) is 19.1 Å². The summed E-state index contributed by atoms with van der Waals surface area (Å²) in [7, 11) is -3.56. The highest BCUT2D eigenvalue weighted by atomic mass is 32.2. The fourth-order valence-corrected chi connectivity index (χ4v) is 4.87. The van der Waals surface area contributed by atoms with Crippen molar-refractivity contribution in [3.05, 3.63) is 54.7 Å². The molecular formula is C18H19N5O2S. The lowest BCUT2D eigenvalue weighted by Crippen LogP contribution is -2.49. The number of benzene rings is 1. The quantitative estimate of drug-likeness (QED) is 0.701. The molecule has 0 N–H and O–H groups in total. The van der Waals surface area contributed by atoms with Gasteiger partial charge in [0, 0.05) is 55.5 Å². The van der Waals surface area contributed by atoms with Gasteiger partial charge in [-0.3, -0.25) is 4.98 Å². The Morgan fingerprint density at radius 2 is 1.81 bits per heavy atom. The molecule has 1 aliphatic rings. The second-order valence-corrected chi connectivity index (χ2v) is 8.11. The molecule has 0 atom stereocenters. The average molecular weight is 369 g/mol. The van der Waals surface area contributed by atoms with Crippen LogP contribution in [0.25, 0.3) is 10.8 Å². The number of sulfonamides is 1. The summed E-state index contributed by atoms with van der Waals surface area (Å²) in [5.74, 6) is 1.55. The minimum atomic E-state index is -3.56. The van der Waals surface area contributed by atoms with Gasteiger partial charge in [-0.2, -0.15) is 4.31 Å². The molecule has 3 aromatic rings. The minimum Gasteiger partial charge on any atom is -0.354 e. The third kappa shape index (κ3) is 3.02. The summed E-state index contributed by atoms with van der Waals surface area (Å²) in [4.78, 5) is 15.0. The van der Waals surface area contributed by atoms with E-state index in [9.17, 15) is 8.42 Å². The van der Waals surface area contributed by atoms with Crippen LogP contribution in [0.3, 0.4) is 0 Å². The Balaban J connectivity index is 1.58. The summed E-state index contributed by atoms with van der Waals surface area (Å²) in [6.07, 6.45) is 5.03. The van der Waals surface area contributed by atoms with Gasteiger partial charge >= 0.3 is 0 Å². The van der Waals surface area contributed by atoms with Crippen molar-refractivity contribution in [1.82, 2.24) is 19.3 Å². The van der Waals surface area contributed by atoms with Gasteiger partial charge in [0.2, 0.25) is 10.0 Å². The van der Waals surface area contributed by atoms with Crippen LogP contribution in [0.2, 0.25) is 0 Å². The Morgan fingerprint density at radius 3 is 2.58 bits per heavy atom. The van der Waals surface area contributed by atoms with E-state index in [1.54, 1.807) is 41.1 Å². The highest BCUT2D eigenvalue weighted by Gasteiger charge is 2.30. The average Bonchev–Trinajstić information content (AvgIpc) is 2.67. The van der Waals surface area contributed by atoms with Gasteiger partial charge in [-0.15, -0.1) is 0 Å². The summed E-state index contributed by atoms with van der Waals surface area (Å²) >= 11 is 0. The van der Waals surface area contributed by atoms with E-state index >= 15 is 0 Å². The van der Waals surface area contributed by atoms with E-state index in [0.717, 1.165) is 11.2 Å². The van der Waals surface area contributed by atoms with Crippen LogP contribution in [-0.4, -0.2) is 53.9 Å². The van der Waals surface area contributed by atoms with Crippen LogP contribution >= 0.6 is 0 Å². The molecule has 134 valence electrons. The highest BCUT2D eigenvalue weighted by Crippen LogP contribution is 2.26. The first-order valence-electron chi connectivity index (χ1n) is 8.43. The van der Waals surface area contributed by atoms with Gasteiger partial charge in [-0.05, 0) is 25.1 Å². The molecule has 4 rings (SSSR count). The summed E-state index contributed by atoms with van der Waals surface area (Å²) in [6.45, 7) is 3.89. The lowest BCUT2D eigenvalue weighted by molar-refractivity contribution is 0.384. The Labute approximate surface area is 152 Å². The van der Waals surface area contributed by atoms with Gasteiger partial charge in [0.1, 0.15) is 11.6 Å². The van der Waals surface area contributed by atoms with Crippen molar-refractivity contribution in [1.29, 1.82) is 0 Å². The number of piperazine rings is 1. The zero-order chi connectivity index (χ0) is 18.1. The molecule has 8 heteroatoms. The summed E-state index contributed by atoms with van der Waals surface area (Å²) in [6, 6.07) is 8.91. The smallest absolute Gasteiger partial charge is 0.243 e. The molecule has 0 radical (unpaired) electrons. The molecule has 1 aliphatic heterocycles. The van der Waals surface area contributed by atoms with Crippen molar-refractivity contribution in [2.75, 3.05) is 31.1 Å². The van der Waals surface area contributed by atoms with Gasteiger partial charge in [-0.25, -0.2) is 18.4 Å². The first kappa shape index (κ1) is 16.9. The zero-order valence-electron chi connectivity index (χ0n) is 14.4. The molecule has 0 aliphatic carbocycles. The number of hydrogen-bond acceptors (Lipinski definition) is 6. The fraction of sp³-hybridized carbons (Fsp3) is 0.278. The van der Waals surface area contributed by atoms with Crippen LogP contribution in [0, 0.1) is 6.92 Å². The predicted octanol–water partition coefficient (Wildman–Crippen LogP) is 1.84. The SMILES string of the molecule is Cc1nccc(N2CCN(S(=O)(=O)c3cccc4cnccc34)CC2)n1. The maximum absolute atomic E-state index is 13.2. The third-order valence-electron chi connectivity index (χ3n) is 4.58. The van der Waals surface area contributed by atoms with E-state index in [2.05, 4.69) is 19.9 Å². The standard InChI is InChI=1S/C18H19N5O2S/c1-14-20-8-6-18(21-14)22-9-11-23(12-10-22)26(24,25)17-4-2-3-15-13-19-7-5-16(15)17/h2-8,13H,9-12H2,1H3. The van der Waals surface area contributed by atoms with Crippen molar-refractivity contribution >= 4 is 26.6 Å². The van der Waals surface area contributed by atoms with E-state index in [1.165, 1.54) is 0 Å². The molecule has 1 aromatic carbocycles. The second kappa shape index (κ2) is 6.62. The van der Waals surface area contributed by atoms with Gasteiger partial charge in [0.05, 0.1) is 4.90 Å². The largest absolute Gasteiger partial charge is 0.354 e. The van der Waals surface area contributed by atoms with Crippen molar-refractivity contribution in [3.63, 3.8) is 0 Å². The minimum absolute atomic E-state index is 0.337. The number of hydrogen-bond donors (Lipinski definition) is 0. The topological polar surface area (TPSA) is 79.3 Å².